The molecule has 5 nitrogen and oxygen atoms in total. The van der Waals surface area contributed by atoms with E-state index >= 15 is 0 Å². The summed E-state index contributed by atoms with van der Waals surface area (Å²) in [7, 11) is 0. The maximum absolute atomic E-state index is 13.8. The Kier molecular flexibility index (Phi) is 4.52. The lowest BCUT2D eigenvalue weighted by Gasteiger charge is -2.03. The van der Waals surface area contributed by atoms with Crippen molar-refractivity contribution in [1.29, 1.82) is 0 Å². The Balaban J connectivity index is 1.49. The van der Waals surface area contributed by atoms with Crippen molar-refractivity contribution in [2.24, 2.45) is 0 Å². The predicted octanol–water partition coefficient (Wildman–Crippen LogP) is 5.16. The maximum Gasteiger partial charge on any atom is 0.277 e. The summed E-state index contributed by atoms with van der Waals surface area (Å²) >= 11 is 1.59. The summed E-state index contributed by atoms with van der Waals surface area (Å²) in [6, 6.07) is 14.9. The third-order valence-electron chi connectivity index (χ3n) is 3.94. The Hall–Kier alpha value is -3.32. The van der Waals surface area contributed by atoms with Gasteiger partial charge >= 0.3 is 0 Å². The third kappa shape index (κ3) is 3.63. The largest absolute Gasteiger partial charge is 0.355 e. The number of hydrogen-bond donors (Lipinski definition) is 1. The Labute approximate surface area is 158 Å². The normalized spacial score (nSPS) is 10.7. The zero-order valence-corrected chi connectivity index (χ0v) is 15.1. The molecular weight excluding hydrogens is 365 g/mol. The Morgan fingerprint density at radius 1 is 1.15 bits per heavy atom. The van der Waals surface area contributed by atoms with E-state index in [9.17, 15) is 9.18 Å². The molecule has 134 valence electrons. The fourth-order valence-corrected chi connectivity index (χ4v) is 3.21. The molecule has 0 spiro atoms. The highest BCUT2D eigenvalue weighted by Gasteiger charge is 2.16. The lowest BCUT2D eigenvalue weighted by molar-refractivity contribution is 0.101. The van der Waals surface area contributed by atoms with Gasteiger partial charge in [0.1, 0.15) is 5.82 Å². The third-order valence-corrected chi connectivity index (χ3v) is 4.71. The van der Waals surface area contributed by atoms with E-state index < -0.39 is 11.7 Å². The molecule has 0 unspecified atom stereocenters. The predicted molar refractivity (Wildman–Crippen MR) is 102 cm³/mol. The second kappa shape index (κ2) is 7.13. The summed E-state index contributed by atoms with van der Waals surface area (Å²) in [5.74, 6) is -0.667. The van der Waals surface area contributed by atoms with E-state index in [0.717, 1.165) is 16.3 Å². The summed E-state index contributed by atoms with van der Waals surface area (Å²) in [4.78, 5) is 16.8. The van der Waals surface area contributed by atoms with Gasteiger partial charge in [-0.25, -0.2) is 9.37 Å². The SMILES string of the molecule is Cc1nc(-c2ccc(NC(=O)c3cc(-c4ccccc4F)on3)cc2)cs1. The van der Waals surface area contributed by atoms with E-state index in [0.29, 0.717) is 5.69 Å². The van der Waals surface area contributed by atoms with E-state index in [1.165, 1.54) is 12.1 Å². The quantitative estimate of drug-likeness (QED) is 0.531. The molecule has 4 aromatic rings. The van der Waals surface area contributed by atoms with Crippen molar-refractivity contribution >= 4 is 22.9 Å². The molecule has 0 bridgehead atoms. The van der Waals surface area contributed by atoms with Gasteiger partial charge in [-0.15, -0.1) is 11.3 Å². The number of hydrogen-bond acceptors (Lipinski definition) is 5. The van der Waals surface area contributed by atoms with Crippen LogP contribution >= 0.6 is 11.3 Å². The van der Waals surface area contributed by atoms with Crippen molar-refractivity contribution in [2.45, 2.75) is 6.92 Å². The number of benzene rings is 2. The highest BCUT2D eigenvalue weighted by Crippen LogP contribution is 2.25. The van der Waals surface area contributed by atoms with Crippen LogP contribution in [0.2, 0.25) is 0 Å². The van der Waals surface area contributed by atoms with Crippen LogP contribution < -0.4 is 5.32 Å². The molecule has 0 aliphatic carbocycles. The lowest BCUT2D eigenvalue weighted by Crippen LogP contribution is -2.11. The molecule has 0 saturated carbocycles. The Bertz CT molecular complexity index is 1100. The molecule has 0 aliphatic rings. The van der Waals surface area contributed by atoms with Crippen LogP contribution in [0, 0.1) is 12.7 Å². The number of aromatic nitrogens is 2. The molecule has 0 fully saturated rings. The first-order valence-electron chi connectivity index (χ1n) is 8.16. The van der Waals surface area contributed by atoms with Crippen molar-refractivity contribution in [2.75, 3.05) is 5.32 Å². The molecule has 4 rings (SSSR count). The van der Waals surface area contributed by atoms with Gasteiger partial charge in [0.15, 0.2) is 11.5 Å². The van der Waals surface area contributed by atoms with Crippen LogP contribution in [0.25, 0.3) is 22.6 Å². The fourth-order valence-electron chi connectivity index (χ4n) is 2.59. The highest BCUT2D eigenvalue weighted by molar-refractivity contribution is 7.09. The molecule has 27 heavy (non-hydrogen) atoms. The van der Waals surface area contributed by atoms with Crippen LogP contribution in [0.3, 0.4) is 0 Å². The Morgan fingerprint density at radius 2 is 1.93 bits per heavy atom. The lowest BCUT2D eigenvalue weighted by atomic mass is 10.1. The second-order valence-electron chi connectivity index (χ2n) is 5.84. The number of aryl methyl sites for hydroxylation is 1. The summed E-state index contributed by atoms with van der Waals surface area (Å²) in [5.41, 5.74) is 2.83. The number of nitrogens with zero attached hydrogens (tertiary/aromatic N) is 2. The molecule has 7 heteroatoms. The van der Waals surface area contributed by atoms with E-state index in [2.05, 4.69) is 15.5 Å². The first kappa shape index (κ1) is 17.1. The first-order chi connectivity index (χ1) is 13.1. The van der Waals surface area contributed by atoms with Crippen LogP contribution in [0.15, 0.2) is 64.5 Å². The topological polar surface area (TPSA) is 68.0 Å². The van der Waals surface area contributed by atoms with Gasteiger partial charge in [0.25, 0.3) is 5.91 Å². The number of rotatable bonds is 4. The van der Waals surface area contributed by atoms with Gasteiger partial charge < -0.3 is 9.84 Å². The Morgan fingerprint density at radius 3 is 2.63 bits per heavy atom. The van der Waals surface area contributed by atoms with Crippen molar-refractivity contribution < 1.29 is 13.7 Å². The average molecular weight is 379 g/mol. The number of thiazole rings is 1. The van der Waals surface area contributed by atoms with Gasteiger partial charge in [-0.2, -0.15) is 0 Å². The van der Waals surface area contributed by atoms with Crippen LogP contribution in [0.1, 0.15) is 15.5 Å². The number of nitrogens with one attached hydrogen (secondary N) is 1. The van der Waals surface area contributed by atoms with E-state index in [1.54, 1.807) is 41.7 Å². The van der Waals surface area contributed by atoms with Gasteiger partial charge in [0.2, 0.25) is 0 Å². The molecule has 0 saturated heterocycles. The van der Waals surface area contributed by atoms with Gasteiger partial charge in [-0.05, 0) is 31.2 Å². The summed E-state index contributed by atoms with van der Waals surface area (Å²) in [6.45, 7) is 1.95. The van der Waals surface area contributed by atoms with Gasteiger partial charge in [-0.1, -0.05) is 29.4 Å². The number of carbonyl (C=O) groups is 1. The van der Waals surface area contributed by atoms with Gasteiger partial charge in [0, 0.05) is 22.7 Å². The van der Waals surface area contributed by atoms with Crippen LogP contribution in [0.4, 0.5) is 10.1 Å². The molecular formula is C20H14FN3O2S. The minimum atomic E-state index is -0.437. The van der Waals surface area contributed by atoms with Crippen LogP contribution in [-0.2, 0) is 0 Å². The molecule has 2 aromatic carbocycles. The first-order valence-corrected chi connectivity index (χ1v) is 9.03. The standard InChI is InChI=1S/C20H14FN3O2S/c1-12-22-18(11-27-12)13-6-8-14(9-7-13)23-20(25)17-10-19(26-24-17)15-4-2-3-5-16(15)21/h2-11H,1H3,(H,23,25). The second-order valence-corrected chi connectivity index (χ2v) is 6.90. The van der Waals surface area contributed by atoms with Gasteiger partial charge in [-0.3, -0.25) is 4.79 Å². The summed E-state index contributed by atoms with van der Waals surface area (Å²) < 4.78 is 18.9. The van der Waals surface area contributed by atoms with E-state index in [1.807, 2.05) is 24.4 Å². The van der Waals surface area contributed by atoms with Crippen molar-refractivity contribution in [3.8, 4) is 22.6 Å². The molecule has 1 N–H and O–H groups in total. The molecule has 2 aromatic heterocycles. The van der Waals surface area contributed by atoms with Crippen molar-refractivity contribution in [1.82, 2.24) is 10.1 Å². The number of amides is 1. The smallest absolute Gasteiger partial charge is 0.277 e. The van der Waals surface area contributed by atoms with E-state index in [4.69, 9.17) is 4.52 Å². The molecule has 2 heterocycles. The fraction of sp³-hybridized carbons (Fsp3) is 0.0500. The maximum atomic E-state index is 13.8. The molecule has 0 aliphatic heterocycles. The number of anilines is 1. The highest BCUT2D eigenvalue weighted by atomic mass is 32.1. The monoisotopic (exact) mass is 379 g/mol. The van der Waals surface area contributed by atoms with Crippen molar-refractivity contribution in [3.63, 3.8) is 0 Å². The molecule has 0 atom stereocenters. The van der Waals surface area contributed by atoms with Crippen LogP contribution in [-0.4, -0.2) is 16.0 Å². The average Bonchev–Trinajstić information content (AvgIpc) is 3.32. The minimum Gasteiger partial charge on any atom is -0.355 e. The number of carbonyl (C=O) groups excluding carboxylic acids is 1. The van der Waals surface area contributed by atoms with Crippen molar-refractivity contribution in [3.05, 3.63) is 76.5 Å². The summed E-state index contributed by atoms with van der Waals surface area (Å²) in [6.07, 6.45) is 0. The van der Waals surface area contributed by atoms with Crippen LogP contribution in [0.5, 0.6) is 0 Å². The minimum absolute atomic E-state index is 0.0763. The zero-order valence-electron chi connectivity index (χ0n) is 14.3. The zero-order chi connectivity index (χ0) is 18.8. The molecule has 0 radical (unpaired) electrons. The van der Waals surface area contributed by atoms with Gasteiger partial charge in [0.05, 0.1) is 16.3 Å². The number of halogens is 1. The van der Waals surface area contributed by atoms with E-state index in [-0.39, 0.29) is 17.0 Å². The molecule has 1 amide bonds. The summed E-state index contributed by atoms with van der Waals surface area (Å²) in [5, 5.41) is 9.47.